The van der Waals surface area contributed by atoms with Crippen molar-refractivity contribution in [1.29, 1.82) is 0 Å². The molecule has 110 valence electrons. The van der Waals surface area contributed by atoms with E-state index in [1.807, 2.05) is 0 Å². The minimum Gasteiger partial charge on any atom is -0.508 e. The van der Waals surface area contributed by atoms with Crippen LogP contribution in [0.5, 0.6) is 11.5 Å². The summed E-state index contributed by atoms with van der Waals surface area (Å²) in [5, 5.41) is 27.8. The van der Waals surface area contributed by atoms with Gasteiger partial charge >= 0.3 is 5.97 Å². The van der Waals surface area contributed by atoms with E-state index in [1.54, 1.807) is 30.3 Å². The lowest BCUT2D eigenvalue weighted by atomic mass is 10.2. The molecule has 0 heterocycles. The Hall–Kier alpha value is -3.02. The maximum absolute atomic E-state index is 11.2. The number of benzene rings is 2. The zero-order chi connectivity index (χ0) is 15.7. The van der Waals surface area contributed by atoms with E-state index < -0.39 is 5.97 Å². The van der Waals surface area contributed by atoms with Gasteiger partial charge in [0.1, 0.15) is 18.0 Å². The topological polar surface area (TPSA) is 107 Å². The van der Waals surface area contributed by atoms with Gasteiger partial charge < -0.3 is 20.6 Å². The quantitative estimate of drug-likeness (QED) is 0.642. The number of carbonyl (C=O) groups excluding carboxylic acids is 1. The standard InChI is InChI=1S/C9H9NO3.C6H6O2/c11-8(12)6-10-9(13)7-4-2-1-3-5-7;7-5-1-2-6(8)4-3-5/h1-5H,6H2,(H,10,13)(H,11,12);1-4,7-8H. The van der Waals surface area contributed by atoms with Crippen molar-refractivity contribution >= 4 is 11.9 Å². The molecule has 0 spiro atoms. The van der Waals surface area contributed by atoms with E-state index in [9.17, 15) is 9.59 Å². The summed E-state index contributed by atoms with van der Waals surface area (Å²) in [6.07, 6.45) is 0. The second-order valence-electron chi connectivity index (χ2n) is 3.96. The molecule has 0 aromatic heterocycles. The van der Waals surface area contributed by atoms with Crippen LogP contribution < -0.4 is 5.32 Å². The number of aromatic hydroxyl groups is 2. The second-order valence-corrected chi connectivity index (χ2v) is 3.96. The molecule has 6 nitrogen and oxygen atoms in total. The van der Waals surface area contributed by atoms with Crippen molar-refractivity contribution in [2.24, 2.45) is 0 Å². The van der Waals surface area contributed by atoms with Crippen molar-refractivity contribution in [1.82, 2.24) is 5.32 Å². The number of nitrogens with one attached hydrogen (secondary N) is 1. The third-order valence-corrected chi connectivity index (χ3v) is 2.29. The first-order valence-electron chi connectivity index (χ1n) is 6.02. The summed E-state index contributed by atoms with van der Waals surface area (Å²) in [5.74, 6) is -1.09. The van der Waals surface area contributed by atoms with E-state index in [2.05, 4.69) is 5.32 Å². The number of carboxylic acid groups (broad SMARTS) is 1. The van der Waals surface area contributed by atoms with Crippen molar-refractivity contribution in [3.63, 3.8) is 0 Å². The van der Waals surface area contributed by atoms with Crippen molar-refractivity contribution < 1.29 is 24.9 Å². The Kier molecular flexibility index (Phi) is 6.27. The Bertz CT molecular complexity index is 560. The van der Waals surface area contributed by atoms with Crippen LogP contribution in [-0.2, 0) is 4.79 Å². The lowest BCUT2D eigenvalue weighted by molar-refractivity contribution is -0.135. The predicted octanol–water partition coefficient (Wildman–Crippen LogP) is 1.60. The first-order valence-corrected chi connectivity index (χ1v) is 6.02. The van der Waals surface area contributed by atoms with E-state index in [0.717, 1.165) is 0 Å². The molecule has 0 aliphatic carbocycles. The van der Waals surface area contributed by atoms with Crippen molar-refractivity contribution in [2.45, 2.75) is 0 Å². The Balaban J connectivity index is 0.000000235. The molecule has 0 aliphatic rings. The SMILES string of the molecule is O=C(O)CNC(=O)c1ccccc1.Oc1ccc(O)cc1. The number of phenols is 2. The summed E-state index contributed by atoms with van der Waals surface area (Å²) in [5.41, 5.74) is 0.462. The van der Waals surface area contributed by atoms with Crippen LogP contribution in [0, 0.1) is 0 Å². The van der Waals surface area contributed by atoms with Crippen molar-refractivity contribution in [3.05, 3.63) is 60.2 Å². The molecule has 2 rings (SSSR count). The van der Waals surface area contributed by atoms with Crippen LogP contribution in [0.25, 0.3) is 0 Å². The third kappa shape index (κ3) is 6.63. The van der Waals surface area contributed by atoms with Gasteiger partial charge in [-0.15, -0.1) is 0 Å². The minimum atomic E-state index is -1.05. The highest BCUT2D eigenvalue weighted by Gasteiger charge is 2.04. The first-order chi connectivity index (χ1) is 9.99. The Labute approximate surface area is 121 Å². The zero-order valence-corrected chi connectivity index (χ0v) is 11.1. The molecule has 0 saturated carbocycles. The highest BCUT2D eigenvalue weighted by atomic mass is 16.4. The molecule has 2 aromatic rings. The number of aliphatic carboxylic acids is 1. The Morgan fingerprint density at radius 2 is 1.33 bits per heavy atom. The maximum Gasteiger partial charge on any atom is 0.322 e. The Morgan fingerprint density at radius 3 is 1.76 bits per heavy atom. The van der Waals surface area contributed by atoms with E-state index in [0.29, 0.717) is 5.56 Å². The van der Waals surface area contributed by atoms with Gasteiger partial charge in [-0.1, -0.05) is 18.2 Å². The molecule has 0 radical (unpaired) electrons. The molecule has 0 bridgehead atoms. The van der Waals surface area contributed by atoms with Crippen LogP contribution in [0.4, 0.5) is 0 Å². The highest BCUT2D eigenvalue weighted by molar-refractivity contribution is 5.95. The van der Waals surface area contributed by atoms with Gasteiger partial charge in [0.25, 0.3) is 5.91 Å². The van der Waals surface area contributed by atoms with E-state index in [1.165, 1.54) is 24.3 Å². The molecule has 0 atom stereocenters. The van der Waals surface area contributed by atoms with Gasteiger partial charge in [-0.2, -0.15) is 0 Å². The molecule has 21 heavy (non-hydrogen) atoms. The van der Waals surface area contributed by atoms with Gasteiger partial charge in [0.15, 0.2) is 0 Å². The number of phenolic OH excluding ortho intramolecular Hbond substituents is 2. The number of hydrogen-bond donors (Lipinski definition) is 4. The maximum atomic E-state index is 11.2. The van der Waals surface area contributed by atoms with E-state index >= 15 is 0 Å². The fraction of sp³-hybridized carbons (Fsp3) is 0.0667. The first kappa shape index (κ1) is 16.0. The van der Waals surface area contributed by atoms with E-state index in [-0.39, 0.29) is 24.0 Å². The smallest absolute Gasteiger partial charge is 0.322 e. The number of amides is 1. The fourth-order valence-electron chi connectivity index (χ4n) is 1.30. The van der Waals surface area contributed by atoms with Crippen LogP contribution in [0.15, 0.2) is 54.6 Å². The summed E-state index contributed by atoms with van der Waals surface area (Å²) in [6.45, 7) is -0.353. The molecule has 0 unspecified atom stereocenters. The molecule has 1 amide bonds. The predicted molar refractivity (Wildman–Crippen MR) is 76.2 cm³/mol. The lowest BCUT2D eigenvalue weighted by Gasteiger charge is -2.00. The van der Waals surface area contributed by atoms with Gasteiger partial charge in [-0.05, 0) is 36.4 Å². The fourth-order valence-corrected chi connectivity index (χ4v) is 1.30. The molecule has 0 saturated heterocycles. The van der Waals surface area contributed by atoms with Crippen LogP contribution in [-0.4, -0.2) is 33.7 Å². The summed E-state index contributed by atoms with van der Waals surface area (Å²) >= 11 is 0. The largest absolute Gasteiger partial charge is 0.508 e. The van der Waals surface area contributed by atoms with Gasteiger partial charge in [-0.3, -0.25) is 9.59 Å². The van der Waals surface area contributed by atoms with Gasteiger partial charge in [0.05, 0.1) is 0 Å². The van der Waals surface area contributed by atoms with Crippen molar-refractivity contribution in [2.75, 3.05) is 6.54 Å². The highest BCUT2D eigenvalue weighted by Crippen LogP contribution is 2.13. The van der Waals surface area contributed by atoms with Gasteiger partial charge in [-0.25, -0.2) is 0 Å². The Morgan fingerprint density at radius 1 is 0.857 bits per heavy atom. The normalized spacial score (nSPS) is 9.14. The molecule has 0 fully saturated rings. The van der Waals surface area contributed by atoms with E-state index in [4.69, 9.17) is 15.3 Å². The number of hydrogen-bond acceptors (Lipinski definition) is 4. The molecule has 6 heteroatoms. The van der Waals surface area contributed by atoms with Crippen LogP contribution in [0.1, 0.15) is 10.4 Å². The summed E-state index contributed by atoms with van der Waals surface area (Å²) in [7, 11) is 0. The molecule has 0 aliphatic heterocycles. The van der Waals surface area contributed by atoms with Crippen LogP contribution >= 0.6 is 0 Å². The monoisotopic (exact) mass is 289 g/mol. The average molecular weight is 289 g/mol. The van der Waals surface area contributed by atoms with Crippen LogP contribution in [0.2, 0.25) is 0 Å². The summed E-state index contributed by atoms with van der Waals surface area (Å²) in [6, 6.07) is 14.2. The average Bonchev–Trinajstić information content (AvgIpc) is 2.49. The number of rotatable bonds is 3. The lowest BCUT2D eigenvalue weighted by Crippen LogP contribution is -2.29. The van der Waals surface area contributed by atoms with Gasteiger partial charge in [0.2, 0.25) is 0 Å². The second kappa shape index (κ2) is 8.21. The molecule has 2 aromatic carbocycles. The zero-order valence-electron chi connectivity index (χ0n) is 11.1. The van der Waals surface area contributed by atoms with Crippen molar-refractivity contribution in [3.8, 4) is 11.5 Å². The summed E-state index contributed by atoms with van der Waals surface area (Å²) in [4.78, 5) is 21.3. The minimum absolute atomic E-state index is 0.169. The number of carbonyl (C=O) groups is 2. The van der Waals surface area contributed by atoms with Gasteiger partial charge in [0, 0.05) is 5.56 Å². The van der Waals surface area contributed by atoms with Crippen LogP contribution in [0.3, 0.4) is 0 Å². The molecular weight excluding hydrogens is 274 g/mol. The summed E-state index contributed by atoms with van der Waals surface area (Å²) < 4.78 is 0. The number of carboxylic acids is 1. The third-order valence-electron chi connectivity index (χ3n) is 2.29. The molecular formula is C15H15NO5. The molecule has 4 N–H and O–H groups in total.